The lowest BCUT2D eigenvalue weighted by Crippen LogP contribution is -2.32. The van der Waals surface area contributed by atoms with Crippen LogP contribution >= 0.6 is 0 Å². The van der Waals surface area contributed by atoms with Crippen LogP contribution in [0, 0.1) is 6.92 Å². The summed E-state index contributed by atoms with van der Waals surface area (Å²) in [7, 11) is 0. The first-order chi connectivity index (χ1) is 21.1. The number of fused-ring (bicyclic) bond motifs is 1. The highest BCUT2D eigenvalue weighted by atomic mass is 32.2. The van der Waals surface area contributed by atoms with E-state index in [1.807, 2.05) is 79.9 Å². The molecule has 0 atom stereocenters. The zero-order valence-corrected chi connectivity index (χ0v) is 26.4. The minimum atomic E-state index is -0.684. The number of aryl methyl sites for hydroxylation is 1. The van der Waals surface area contributed by atoms with Crippen molar-refractivity contribution in [1.29, 1.82) is 0 Å². The molecule has 1 fully saturated rings. The van der Waals surface area contributed by atoms with Gasteiger partial charge >= 0.3 is 6.03 Å². The summed E-state index contributed by atoms with van der Waals surface area (Å²) in [4.78, 5) is 18.1. The number of amides is 2. The molecule has 2 amide bonds. The number of hydrogen-bond donors (Lipinski definition) is 3. The molecular weight excluding hydrogens is 568 g/mol. The van der Waals surface area contributed by atoms with Crippen LogP contribution in [0.15, 0.2) is 85.1 Å². The van der Waals surface area contributed by atoms with E-state index in [1.54, 1.807) is 4.68 Å². The van der Waals surface area contributed by atoms with Crippen molar-refractivity contribution >= 4 is 45.3 Å². The Labute approximate surface area is 261 Å². The van der Waals surface area contributed by atoms with E-state index >= 15 is 0 Å². The Morgan fingerprint density at radius 2 is 1.66 bits per heavy atom. The number of aromatic nitrogens is 3. The molecule has 3 N–H and O–H groups in total. The van der Waals surface area contributed by atoms with Gasteiger partial charge in [0.05, 0.1) is 17.1 Å². The molecule has 226 valence electrons. The zero-order chi connectivity index (χ0) is 30.8. The molecule has 1 aliphatic rings. The highest BCUT2D eigenvalue weighted by Gasteiger charge is 2.23. The van der Waals surface area contributed by atoms with Crippen LogP contribution in [0.2, 0.25) is 0 Å². The van der Waals surface area contributed by atoms with Crippen molar-refractivity contribution in [3.8, 4) is 16.8 Å². The third-order valence-corrected chi connectivity index (χ3v) is 9.37. The van der Waals surface area contributed by atoms with Crippen molar-refractivity contribution in [3.63, 3.8) is 0 Å². The molecule has 0 radical (unpaired) electrons. The summed E-state index contributed by atoms with van der Waals surface area (Å²) in [5.41, 5.74) is 5.46. The fourth-order valence-electron chi connectivity index (χ4n) is 5.43. The number of benzene rings is 3. The van der Waals surface area contributed by atoms with E-state index in [0.29, 0.717) is 17.5 Å². The van der Waals surface area contributed by atoms with E-state index in [-0.39, 0.29) is 11.4 Å². The molecular formula is C35H38N6O2S. The van der Waals surface area contributed by atoms with E-state index < -0.39 is 11.2 Å². The SMILES string of the molecule is Cc1ccc(-n2nc(C(C)(C)C)cc2NC(=O)Nc2ccc(-c3ccc(NC4CC[S+]([O-])CC4)nc3)c3ccccc23)cc1. The predicted octanol–water partition coefficient (Wildman–Crippen LogP) is 7.66. The maximum Gasteiger partial charge on any atom is 0.324 e. The Morgan fingerprint density at radius 1 is 0.932 bits per heavy atom. The van der Waals surface area contributed by atoms with Gasteiger partial charge in [0.25, 0.3) is 0 Å². The van der Waals surface area contributed by atoms with Crippen LogP contribution in [-0.4, -0.2) is 42.9 Å². The summed E-state index contributed by atoms with van der Waals surface area (Å²) >= 11 is -0.684. The highest BCUT2D eigenvalue weighted by molar-refractivity contribution is 7.91. The summed E-state index contributed by atoms with van der Waals surface area (Å²) < 4.78 is 13.5. The number of urea groups is 1. The largest absolute Gasteiger partial charge is 0.616 e. The lowest BCUT2D eigenvalue weighted by Gasteiger charge is -2.25. The van der Waals surface area contributed by atoms with Crippen LogP contribution in [0.3, 0.4) is 0 Å². The molecule has 0 unspecified atom stereocenters. The molecule has 9 heteroatoms. The van der Waals surface area contributed by atoms with Gasteiger partial charge in [0, 0.05) is 47.5 Å². The molecule has 0 saturated carbocycles. The Morgan fingerprint density at radius 3 is 2.34 bits per heavy atom. The van der Waals surface area contributed by atoms with Crippen LogP contribution in [0.4, 0.5) is 22.1 Å². The van der Waals surface area contributed by atoms with Crippen molar-refractivity contribution in [2.75, 3.05) is 27.5 Å². The first-order valence-corrected chi connectivity index (χ1v) is 16.5. The van der Waals surface area contributed by atoms with Crippen LogP contribution < -0.4 is 16.0 Å². The maximum atomic E-state index is 13.4. The smallest absolute Gasteiger partial charge is 0.324 e. The minimum Gasteiger partial charge on any atom is -0.616 e. The Kier molecular flexibility index (Phi) is 8.33. The minimum absolute atomic E-state index is 0.185. The molecule has 1 aliphatic heterocycles. The number of nitrogens with zero attached hydrogens (tertiary/aromatic N) is 3. The van der Waals surface area contributed by atoms with E-state index in [0.717, 1.165) is 69.0 Å². The number of carbonyl (C=O) groups excluding carboxylic acids is 1. The number of rotatable bonds is 6. The van der Waals surface area contributed by atoms with Crippen LogP contribution in [0.5, 0.6) is 0 Å². The molecule has 5 aromatic rings. The third-order valence-electron chi connectivity index (χ3n) is 7.98. The van der Waals surface area contributed by atoms with Gasteiger partial charge in [-0.2, -0.15) is 5.10 Å². The van der Waals surface area contributed by atoms with Gasteiger partial charge in [-0.1, -0.05) is 80.0 Å². The topological polar surface area (TPSA) is 107 Å². The number of anilines is 3. The summed E-state index contributed by atoms with van der Waals surface area (Å²) in [6.07, 6.45) is 3.67. The van der Waals surface area contributed by atoms with Gasteiger partial charge in [-0.15, -0.1) is 0 Å². The van der Waals surface area contributed by atoms with Gasteiger partial charge in [0.2, 0.25) is 0 Å². The van der Waals surface area contributed by atoms with E-state index in [4.69, 9.17) is 5.10 Å². The molecule has 2 aromatic heterocycles. The van der Waals surface area contributed by atoms with Gasteiger partial charge in [0.15, 0.2) is 0 Å². The summed E-state index contributed by atoms with van der Waals surface area (Å²) in [6, 6.07) is 26.0. The van der Waals surface area contributed by atoms with Gasteiger partial charge in [-0.05, 0) is 48.2 Å². The standard InChI is InChI=1S/C35H38N6O2S/c1-23-9-12-26(13-10-23)41-33(21-31(40-41)35(2,3)4)39-34(42)38-30-15-14-27(28-7-5-6-8-29(28)30)24-11-16-32(36-22-24)37-25-17-19-44(43)20-18-25/h5-16,21-22,25H,17-20H2,1-4H3,(H,36,37)(H2,38,39,42). The molecule has 0 bridgehead atoms. The van der Waals surface area contributed by atoms with Gasteiger partial charge < -0.3 is 15.2 Å². The molecule has 6 rings (SSSR count). The van der Waals surface area contributed by atoms with Gasteiger partial charge in [0.1, 0.15) is 23.1 Å². The number of pyridine rings is 1. The van der Waals surface area contributed by atoms with Crippen molar-refractivity contribution in [3.05, 3.63) is 96.3 Å². The summed E-state index contributed by atoms with van der Waals surface area (Å²) in [5, 5.41) is 16.4. The monoisotopic (exact) mass is 606 g/mol. The van der Waals surface area contributed by atoms with Crippen LogP contribution in [0.25, 0.3) is 27.6 Å². The first-order valence-electron chi connectivity index (χ1n) is 15.0. The van der Waals surface area contributed by atoms with Crippen LogP contribution in [-0.2, 0) is 16.6 Å². The van der Waals surface area contributed by atoms with E-state index in [2.05, 4.69) is 53.8 Å². The lowest BCUT2D eigenvalue weighted by atomic mass is 9.92. The predicted molar refractivity (Wildman–Crippen MR) is 181 cm³/mol. The second kappa shape index (κ2) is 12.3. The number of hydrogen-bond acceptors (Lipinski definition) is 5. The van der Waals surface area contributed by atoms with Crippen molar-refractivity contribution < 1.29 is 9.35 Å². The first kappa shape index (κ1) is 29.7. The molecule has 0 spiro atoms. The van der Waals surface area contributed by atoms with Gasteiger partial charge in [-0.3, -0.25) is 5.32 Å². The fraction of sp³-hybridized carbons (Fsp3) is 0.286. The second-order valence-corrected chi connectivity index (χ2v) is 14.1. The van der Waals surface area contributed by atoms with E-state index in [9.17, 15) is 9.35 Å². The van der Waals surface area contributed by atoms with Crippen molar-refractivity contribution in [2.45, 2.75) is 52.0 Å². The highest BCUT2D eigenvalue weighted by Crippen LogP contribution is 2.34. The molecule has 1 saturated heterocycles. The van der Waals surface area contributed by atoms with Crippen molar-refractivity contribution in [1.82, 2.24) is 14.8 Å². The average molecular weight is 607 g/mol. The van der Waals surface area contributed by atoms with E-state index in [1.165, 1.54) is 0 Å². The summed E-state index contributed by atoms with van der Waals surface area (Å²) in [6.45, 7) is 8.36. The zero-order valence-electron chi connectivity index (χ0n) is 25.6. The van der Waals surface area contributed by atoms with Crippen molar-refractivity contribution in [2.24, 2.45) is 0 Å². The third kappa shape index (κ3) is 6.59. The van der Waals surface area contributed by atoms with Crippen LogP contribution in [0.1, 0.15) is 44.9 Å². The quantitative estimate of drug-likeness (QED) is 0.172. The average Bonchev–Trinajstić information content (AvgIpc) is 3.44. The number of nitrogens with one attached hydrogen (secondary N) is 3. The molecule has 0 aliphatic carbocycles. The normalized spacial score (nSPS) is 16.9. The molecule has 3 heterocycles. The lowest BCUT2D eigenvalue weighted by molar-refractivity contribution is 0.262. The number of carbonyl (C=O) groups is 1. The molecule has 8 nitrogen and oxygen atoms in total. The molecule has 3 aromatic carbocycles. The summed E-state index contributed by atoms with van der Waals surface area (Å²) in [5.74, 6) is 2.91. The Bertz CT molecular complexity index is 1770. The Hall–Kier alpha value is -4.34. The fourth-order valence-corrected chi connectivity index (χ4v) is 6.73. The Balaban J connectivity index is 1.22. The van der Waals surface area contributed by atoms with Gasteiger partial charge in [-0.25, -0.2) is 14.5 Å². The molecule has 44 heavy (non-hydrogen) atoms. The maximum absolute atomic E-state index is 13.4. The second-order valence-electron chi connectivity index (χ2n) is 12.4.